The van der Waals surface area contributed by atoms with Gasteiger partial charge in [0.05, 0.1) is 11.4 Å². The van der Waals surface area contributed by atoms with Crippen LogP contribution < -0.4 is 5.73 Å². The number of anilines is 1. The molecule has 0 bridgehead atoms. The van der Waals surface area contributed by atoms with E-state index in [0.29, 0.717) is 11.0 Å². The van der Waals surface area contributed by atoms with Gasteiger partial charge in [0.2, 0.25) is 10.0 Å². The Hall–Kier alpha value is -3.83. The Morgan fingerprint density at radius 1 is 1.21 bits per heavy atom. The normalized spacial score (nSPS) is 16.6. The van der Waals surface area contributed by atoms with Crippen molar-refractivity contribution in [3.63, 3.8) is 0 Å². The van der Waals surface area contributed by atoms with Gasteiger partial charge in [-0.05, 0) is 23.3 Å². The van der Waals surface area contributed by atoms with Crippen LogP contribution in [0.1, 0.15) is 17.2 Å². The van der Waals surface area contributed by atoms with Crippen molar-refractivity contribution < 1.29 is 17.9 Å². The lowest BCUT2D eigenvalue weighted by atomic mass is 9.97. The zero-order chi connectivity index (χ0) is 23.3. The van der Waals surface area contributed by atoms with Crippen LogP contribution in [0, 0.1) is 5.82 Å². The first-order chi connectivity index (χ1) is 15.8. The van der Waals surface area contributed by atoms with Gasteiger partial charge in [-0.3, -0.25) is 0 Å². The number of benzene rings is 2. The first kappa shape index (κ1) is 21.0. The summed E-state index contributed by atoms with van der Waals surface area (Å²) in [6.45, 7) is 3.71. The number of rotatable bonds is 4. The lowest BCUT2D eigenvalue weighted by Gasteiger charge is -2.33. The molecule has 33 heavy (non-hydrogen) atoms. The molecule has 2 aromatic carbocycles. The van der Waals surface area contributed by atoms with Crippen molar-refractivity contribution in [1.82, 2.24) is 24.1 Å². The largest absolute Gasteiger partial charge is 0.508 e. The zero-order valence-corrected chi connectivity index (χ0v) is 18.1. The molecule has 0 amide bonds. The van der Waals surface area contributed by atoms with E-state index in [1.165, 1.54) is 22.8 Å². The fourth-order valence-corrected chi connectivity index (χ4v) is 5.06. The fourth-order valence-electron chi connectivity index (χ4n) is 4.18. The number of aromatic nitrogens is 4. The Balaban J connectivity index is 1.77. The average molecular weight is 466 g/mol. The molecular formula is C22H19FN6O3S. The number of phenolic OH excluding ortho intramolecular Hbond substituents is 1. The van der Waals surface area contributed by atoms with Crippen LogP contribution in [0.25, 0.3) is 22.3 Å². The van der Waals surface area contributed by atoms with Gasteiger partial charge in [-0.15, -0.1) is 0 Å². The number of sulfonamides is 1. The highest BCUT2D eigenvalue weighted by Gasteiger charge is 2.34. The van der Waals surface area contributed by atoms with Crippen LogP contribution in [0.3, 0.4) is 0 Å². The van der Waals surface area contributed by atoms with E-state index in [9.17, 15) is 17.9 Å². The van der Waals surface area contributed by atoms with Gasteiger partial charge < -0.3 is 10.8 Å². The minimum atomic E-state index is -3.71. The molecule has 11 heteroatoms. The van der Waals surface area contributed by atoms with Gasteiger partial charge in [0.15, 0.2) is 5.65 Å². The Morgan fingerprint density at radius 3 is 2.76 bits per heavy atom. The summed E-state index contributed by atoms with van der Waals surface area (Å²) in [4.78, 5) is 8.40. The SMILES string of the molecule is C=CS(=O)(=O)N1Cc2ccccc2C(n2nc(-c3cc(O)cc(F)c3)c3c(N)ncnc32)C1. The highest BCUT2D eigenvalue weighted by molar-refractivity contribution is 7.92. The maximum Gasteiger partial charge on any atom is 0.236 e. The van der Waals surface area contributed by atoms with E-state index in [1.54, 1.807) is 4.68 Å². The quantitative estimate of drug-likeness (QED) is 0.473. The summed E-state index contributed by atoms with van der Waals surface area (Å²) >= 11 is 0. The highest BCUT2D eigenvalue weighted by Crippen LogP contribution is 2.37. The van der Waals surface area contributed by atoms with Gasteiger partial charge in [-0.25, -0.2) is 27.5 Å². The maximum absolute atomic E-state index is 14.1. The number of halogens is 1. The molecule has 0 aliphatic carbocycles. The minimum absolute atomic E-state index is 0.0832. The highest BCUT2D eigenvalue weighted by atomic mass is 32.2. The molecule has 5 rings (SSSR count). The number of hydrogen-bond donors (Lipinski definition) is 2. The summed E-state index contributed by atoms with van der Waals surface area (Å²) in [6.07, 6.45) is 1.29. The van der Waals surface area contributed by atoms with Crippen LogP contribution in [0.4, 0.5) is 10.2 Å². The van der Waals surface area contributed by atoms with E-state index in [0.717, 1.165) is 22.6 Å². The predicted molar refractivity (Wildman–Crippen MR) is 121 cm³/mol. The Kier molecular flexibility index (Phi) is 4.87. The van der Waals surface area contributed by atoms with Crippen LogP contribution in [0.2, 0.25) is 0 Å². The molecule has 1 atom stereocenters. The van der Waals surface area contributed by atoms with Crippen LogP contribution in [-0.2, 0) is 16.6 Å². The number of fused-ring (bicyclic) bond motifs is 2. The molecule has 3 N–H and O–H groups in total. The van der Waals surface area contributed by atoms with Crippen molar-refractivity contribution in [2.75, 3.05) is 12.3 Å². The third kappa shape index (κ3) is 3.51. The van der Waals surface area contributed by atoms with E-state index in [2.05, 4.69) is 21.6 Å². The van der Waals surface area contributed by atoms with E-state index in [4.69, 9.17) is 5.73 Å². The average Bonchev–Trinajstić information content (AvgIpc) is 3.18. The standard InChI is InChI=1S/C22H19FN6O3S/c1-2-33(31,32)28-10-13-5-3-4-6-17(13)18(11-28)29-22-19(21(24)25-12-26-22)20(27-29)14-7-15(23)9-16(30)8-14/h2-9,12,18,30H,1,10-11H2,(H2,24,25,26). The molecule has 9 nitrogen and oxygen atoms in total. The molecule has 1 unspecified atom stereocenters. The molecule has 4 aromatic rings. The molecule has 0 radical (unpaired) electrons. The van der Waals surface area contributed by atoms with Gasteiger partial charge in [0, 0.05) is 30.1 Å². The first-order valence-electron chi connectivity index (χ1n) is 9.97. The Labute approximate surface area is 188 Å². The summed E-state index contributed by atoms with van der Waals surface area (Å²) in [5, 5.41) is 15.9. The van der Waals surface area contributed by atoms with Crippen LogP contribution >= 0.6 is 0 Å². The molecule has 2 aromatic heterocycles. The molecule has 3 heterocycles. The lowest BCUT2D eigenvalue weighted by molar-refractivity contribution is 0.328. The third-order valence-electron chi connectivity index (χ3n) is 5.68. The second-order valence-electron chi connectivity index (χ2n) is 7.67. The number of hydrogen-bond acceptors (Lipinski definition) is 7. The smallest absolute Gasteiger partial charge is 0.236 e. The van der Waals surface area contributed by atoms with E-state index in [1.807, 2.05) is 24.3 Å². The van der Waals surface area contributed by atoms with Gasteiger partial charge in [0.1, 0.15) is 29.4 Å². The van der Waals surface area contributed by atoms with Gasteiger partial charge in [-0.2, -0.15) is 9.40 Å². The van der Waals surface area contributed by atoms with Crippen molar-refractivity contribution >= 4 is 26.9 Å². The molecule has 0 spiro atoms. The number of aromatic hydroxyl groups is 1. The molecule has 0 saturated carbocycles. The van der Waals surface area contributed by atoms with Crippen molar-refractivity contribution in [3.8, 4) is 17.0 Å². The van der Waals surface area contributed by atoms with Crippen LogP contribution in [-0.4, -0.2) is 44.1 Å². The van der Waals surface area contributed by atoms with Gasteiger partial charge in [-0.1, -0.05) is 30.8 Å². The van der Waals surface area contributed by atoms with E-state index >= 15 is 0 Å². The maximum atomic E-state index is 14.1. The number of nitrogen functional groups attached to an aromatic ring is 1. The summed E-state index contributed by atoms with van der Waals surface area (Å²) in [6, 6.07) is 10.5. The van der Waals surface area contributed by atoms with Crippen LogP contribution in [0.15, 0.2) is 60.8 Å². The van der Waals surface area contributed by atoms with Crippen molar-refractivity contribution in [2.45, 2.75) is 12.6 Å². The topological polar surface area (TPSA) is 127 Å². The van der Waals surface area contributed by atoms with Crippen molar-refractivity contribution in [3.05, 3.63) is 77.7 Å². The van der Waals surface area contributed by atoms with E-state index in [-0.39, 0.29) is 35.9 Å². The number of nitrogens with zero attached hydrogens (tertiary/aromatic N) is 5. The van der Waals surface area contributed by atoms with Gasteiger partial charge in [0.25, 0.3) is 0 Å². The molecule has 168 valence electrons. The van der Waals surface area contributed by atoms with Crippen molar-refractivity contribution in [1.29, 1.82) is 0 Å². The fraction of sp³-hybridized carbons (Fsp3) is 0.136. The summed E-state index contributed by atoms with van der Waals surface area (Å²) < 4.78 is 42.2. The van der Waals surface area contributed by atoms with E-state index < -0.39 is 21.9 Å². The lowest BCUT2D eigenvalue weighted by Crippen LogP contribution is -2.39. The zero-order valence-electron chi connectivity index (χ0n) is 17.3. The Morgan fingerprint density at radius 2 is 2.00 bits per heavy atom. The minimum Gasteiger partial charge on any atom is -0.508 e. The molecule has 0 saturated heterocycles. The molecule has 1 aliphatic heterocycles. The van der Waals surface area contributed by atoms with Gasteiger partial charge >= 0.3 is 0 Å². The second kappa shape index (κ2) is 7.64. The summed E-state index contributed by atoms with van der Waals surface area (Å²) in [5.74, 6) is -0.784. The molecular weight excluding hydrogens is 447 g/mol. The van der Waals surface area contributed by atoms with Crippen LogP contribution in [0.5, 0.6) is 5.75 Å². The first-order valence-corrected chi connectivity index (χ1v) is 11.5. The summed E-state index contributed by atoms with van der Waals surface area (Å²) in [5.41, 5.74) is 8.76. The predicted octanol–water partition coefficient (Wildman–Crippen LogP) is 2.80. The number of phenols is 1. The van der Waals surface area contributed by atoms with Crippen molar-refractivity contribution in [2.24, 2.45) is 0 Å². The third-order valence-corrected chi connectivity index (χ3v) is 7.10. The monoisotopic (exact) mass is 466 g/mol. The number of nitrogens with two attached hydrogens (primary N) is 1. The molecule has 1 aliphatic rings. The Bertz CT molecular complexity index is 1500. The second-order valence-corrected chi connectivity index (χ2v) is 9.55. The molecule has 0 fully saturated rings. The summed E-state index contributed by atoms with van der Waals surface area (Å²) in [7, 11) is -3.71.